The van der Waals surface area contributed by atoms with E-state index in [2.05, 4.69) is 26.2 Å². The van der Waals surface area contributed by atoms with Gasteiger partial charge in [-0.1, -0.05) is 28.9 Å². The van der Waals surface area contributed by atoms with Crippen LogP contribution in [0.15, 0.2) is 41.1 Å². The first-order valence-corrected chi connectivity index (χ1v) is 7.17. The van der Waals surface area contributed by atoms with Crippen LogP contribution in [0.3, 0.4) is 0 Å². The Morgan fingerprint density at radius 2 is 2.00 bits per heavy atom. The SMILES string of the molecule is CCNC(Cc1ccc(F)cc1Br)c1cncc(F)c1. The Labute approximate surface area is 125 Å². The maximum absolute atomic E-state index is 13.3. The van der Waals surface area contributed by atoms with Crippen LogP contribution in [0.2, 0.25) is 0 Å². The summed E-state index contributed by atoms with van der Waals surface area (Å²) in [6.45, 7) is 2.74. The average Bonchev–Trinajstić information content (AvgIpc) is 2.41. The van der Waals surface area contributed by atoms with Crippen LogP contribution in [0, 0.1) is 11.6 Å². The Kier molecular flexibility index (Phi) is 5.20. The predicted molar refractivity (Wildman–Crippen MR) is 78.4 cm³/mol. The summed E-state index contributed by atoms with van der Waals surface area (Å²) in [7, 11) is 0. The molecular formula is C15H15BrF2N2. The largest absolute Gasteiger partial charge is 0.310 e. The van der Waals surface area contributed by atoms with Gasteiger partial charge in [0.1, 0.15) is 11.6 Å². The monoisotopic (exact) mass is 340 g/mol. The van der Waals surface area contributed by atoms with Gasteiger partial charge in [-0.15, -0.1) is 0 Å². The molecule has 0 saturated heterocycles. The van der Waals surface area contributed by atoms with Gasteiger partial charge in [0.2, 0.25) is 0 Å². The first-order chi connectivity index (χ1) is 9.60. The molecule has 0 aliphatic carbocycles. The zero-order valence-electron chi connectivity index (χ0n) is 11.0. The second-order valence-corrected chi connectivity index (χ2v) is 5.34. The summed E-state index contributed by atoms with van der Waals surface area (Å²) in [5, 5.41) is 3.30. The number of nitrogens with zero attached hydrogens (tertiary/aromatic N) is 1. The minimum absolute atomic E-state index is 0.0649. The molecule has 2 nitrogen and oxygen atoms in total. The quantitative estimate of drug-likeness (QED) is 0.889. The van der Waals surface area contributed by atoms with Gasteiger partial charge < -0.3 is 5.32 Å². The third-order valence-corrected chi connectivity index (χ3v) is 3.76. The van der Waals surface area contributed by atoms with Crippen LogP contribution in [0.5, 0.6) is 0 Å². The van der Waals surface area contributed by atoms with Crippen LogP contribution in [-0.4, -0.2) is 11.5 Å². The standard InChI is InChI=1S/C15H15BrF2N2/c1-2-20-15(11-5-13(18)9-19-8-11)6-10-3-4-12(17)7-14(10)16/h3-5,7-9,15,20H,2,6H2,1H3. The highest BCUT2D eigenvalue weighted by atomic mass is 79.9. The third-order valence-electron chi connectivity index (χ3n) is 3.02. The van der Waals surface area contributed by atoms with Crippen molar-refractivity contribution in [3.05, 3.63) is 63.9 Å². The summed E-state index contributed by atoms with van der Waals surface area (Å²) >= 11 is 3.36. The first-order valence-electron chi connectivity index (χ1n) is 6.38. The van der Waals surface area contributed by atoms with Gasteiger partial charge in [0.25, 0.3) is 0 Å². The highest BCUT2D eigenvalue weighted by molar-refractivity contribution is 9.10. The second-order valence-electron chi connectivity index (χ2n) is 4.49. The number of aromatic nitrogens is 1. The molecule has 0 bridgehead atoms. The topological polar surface area (TPSA) is 24.9 Å². The Morgan fingerprint density at radius 1 is 1.20 bits per heavy atom. The molecule has 0 amide bonds. The highest BCUT2D eigenvalue weighted by Crippen LogP contribution is 2.24. The van der Waals surface area contributed by atoms with Crippen LogP contribution in [0.4, 0.5) is 8.78 Å². The van der Waals surface area contributed by atoms with E-state index in [4.69, 9.17) is 0 Å². The van der Waals surface area contributed by atoms with E-state index in [-0.39, 0.29) is 17.7 Å². The van der Waals surface area contributed by atoms with Crippen LogP contribution < -0.4 is 5.32 Å². The molecule has 1 aromatic carbocycles. The van der Waals surface area contributed by atoms with Gasteiger partial charge in [-0.05, 0) is 42.3 Å². The summed E-state index contributed by atoms with van der Waals surface area (Å²) in [6, 6.07) is 5.99. The van der Waals surface area contributed by atoms with E-state index >= 15 is 0 Å². The van der Waals surface area contributed by atoms with Gasteiger partial charge in [0.05, 0.1) is 6.20 Å². The molecule has 1 atom stereocenters. The van der Waals surface area contributed by atoms with Gasteiger partial charge in [0.15, 0.2) is 0 Å². The fraction of sp³-hybridized carbons (Fsp3) is 0.267. The Balaban J connectivity index is 2.25. The van der Waals surface area contributed by atoms with E-state index in [0.29, 0.717) is 10.9 Å². The zero-order chi connectivity index (χ0) is 14.5. The highest BCUT2D eigenvalue weighted by Gasteiger charge is 2.14. The van der Waals surface area contributed by atoms with Crippen molar-refractivity contribution in [2.45, 2.75) is 19.4 Å². The molecule has 20 heavy (non-hydrogen) atoms. The lowest BCUT2D eigenvalue weighted by molar-refractivity contribution is 0.537. The zero-order valence-corrected chi connectivity index (χ0v) is 12.6. The number of likely N-dealkylation sites (N-methyl/N-ethyl adjacent to an activating group) is 1. The molecule has 0 spiro atoms. The summed E-state index contributed by atoms with van der Waals surface area (Å²) < 4.78 is 27.1. The molecule has 0 saturated carbocycles. The molecule has 0 aliphatic rings. The molecule has 1 heterocycles. The normalized spacial score (nSPS) is 12.4. The number of nitrogens with one attached hydrogen (secondary N) is 1. The summed E-state index contributed by atoms with van der Waals surface area (Å²) in [6.07, 6.45) is 3.45. The molecule has 0 fully saturated rings. The molecule has 2 rings (SSSR count). The van der Waals surface area contributed by atoms with Crippen molar-refractivity contribution in [1.82, 2.24) is 10.3 Å². The molecule has 0 aliphatic heterocycles. The van der Waals surface area contributed by atoms with Crippen LogP contribution in [0.1, 0.15) is 24.1 Å². The fourth-order valence-electron chi connectivity index (χ4n) is 2.08. The summed E-state index contributed by atoms with van der Waals surface area (Å²) in [4.78, 5) is 3.88. The summed E-state index contributed by atoms with van der Waals surface area (Å²) in [5.74, 6) is -0.642. The van der Waals surface area contributed by atoms with Crippen molar-refractivity contribution in [3.8, 4) is 0 Å². The van der Waals surface area contributed by atoms with Crippen molar-refractivity contribution in [2.24, 2.45) is 0 Å². The fourth-order valence-corrected chi connectivity index (χ4v) is 2.59. The van der Waals surface area contributed by atoms with Gasteiger partial charge in [-0.2, -0.15) is 0 Å². The Hall–Kier alpha value is -1.33. The molecule has 106 valence electrons. The molecule has 1 N–H and O–H groups in total. The van der Waals surface area contributed by atoms with Crippen LogP contribution in [-0.2, 0) is 6.42 Å². The second kappa shape index (κ2) is 6.90. The van der Waals surface area contributed by atoms with E-state index in [9.17, 15) is 8.78 Å². The molecule has 1 aromatic heterocycles. The smallest absolute Gasteiger partial charge is 0.141 e. The summed E-state index contributed by atoms with van der Waals surface area (Å²) in [5.41, 5.74) is 1.74. The van der Waals surface area contributed by atoms with Crippen LogP contribution in [0.25, 0.3) is 0 Å². The minimum atomic E-state index is -0.358. The lowest BCUT2D eigenvalue weighted by Crippen LogP contribution is -2.23. The first kappa shape index (κ1) is 15.1. The molecule has 2 aromatic rings. The lowest BCUT2D eigenvalue weighted by atomic mass is 10.00. The maximum Gasteiger partial charge on any atom is 0.141 e. The lowest BCUT2D eigenvalue weighted by Gasteiger charge is -2.19. The minimum Gasteiger partial charge on any atom is -0.310 e. The van der Waals surface area contributed by atoms with E-state index in [1.54, 1.807) is 12.3 Å². The number of halogens is 3. The maximum atomic E-state index is 13.3. The van der Waals surface area contributed by atoms with E-state index < -0.39 is 0 Å². The Morgan fingerprint density at radius 3 is 2.65 bits per heavy atom. The van der Waals surface area contributed by atoms with Crippen molar-refractivity contribution in [2.75, 3.05) is 6.54 Å². The van der Waals surface area contributed by atoms with E-state index in [1.165, 1.54) is 24.4 Å². The molecular weight excluding hydrogens is 326 g/mol. The van der Waals surface area contributed by atoms with Crippen molar-refractivity contribution in [3.63, 3.8) is 0 Å². The van der Waals surface area contributed by atoms with Gasteiger partial charge >= 0.3 is 0 Å². The third kappa shape index (κ3) is 3.84. The number of benzene rings is 1. The molecule has 0 radical (unpaired) electrons. The van der Waals surface area contributed by atoms with Gasteiger partial charge in [-0.3, -0.25) is 4.98 Å². The average molecular weight is 341 g/mol. The predicted octanol–water partition coefficient (Wildman–Crippen LogP) is 4.02. The van der Waals surface area contributed by atoms with Gasteiger partial charge in [-0.25, -0.2) is 8.78 Å². The number of hydrogen-bond acceptors (Lipinski definition) is 2. The van der Waals surface area contributed by atoms with E-state index in [1.807, 2.05) is 6.92 Å². The Bertz CT molecular complexity index is 590. The van der Waals surface area contributed by atoms with Gasteiger partial charge in [0, 0.05) is 16.7 Å². The van der Waals surface area contributed by atoms with Crippen LogP contribution >= 0.6 is 15.9 Å². The number of pyridine rings is 1. The van der Waals surface area contributed by atoms with E-state index in [0.717, 1.165) is 17.7 Å². The van der Waals surface area contributed by atoms with Crippen molar-refractivity contribution < 1.29 is 8.78 Å². The van der Waals surface area contributed by atoms with Crippen molar-refractivity contribution in [1.29, 1.82) is 0 Å². The molecule has 5 heteroatoms. The van der Waals surface area contributed by atoms with Crippen molar-refractivity contribution >= 4 is 15.9 Å². The number of hydrogen-bond donors (Lipinski definition) is 1. The number of rotatable bonds is 5. The molecule has 1 unspecified atom stereocenters.